The van der Waals surface area contributed by atoms with E-state index in [2.05, 4.69) is 31.4 Å². The highest BCUT2D eigenvalue weighted by molar-refractivity contribution is 9.10. The van der Waals surface area contributed by atoms with Crippen LogP contribution in [0.2, 0.25) is 5.02 Å². The van der Waals surface area contributed by atoms with E-state index in [4.69, 9.17) is 16.3 Å². The van der Waals surface area contributed by atoms with Crippen molar-refractivity contribution in [3.05, 3.63) is 63.1 Å². The topological polar surface area (TPSA) is 74.0 Å². The van der Waals surface area contributed by atoms with Crippen molar-refractivity contribution in [3.8, 4) is 5.75 Å². The molecule has 1 N–H and O–H groups in total. The highest BCUT2D eigenvalue weighted by Crippen LogP contribution is 2.27. The predicted molar refractivity (Wildman–Crippen MR) is 106 cm³/mol. The summed E-state index contributed by atoms with van der Waals surface area (Å²) >= 11 is 9.47. The highest BCUT2D eigenvalue weighted by Gasteiger charge is 2.12. The molecule has 0 atom stereocenters. The Morgan fingerprint density at radius 3 is 2.89 bits per heavy atom. The highest BCUT2D eigenvalue weighted by atomic mass is 79.9. The summed E-state index contributed by atoms with van der Waals surface area (Å²) in [5.41, 5.74) is 2.35. The van der Waals surface area contributed by atoms with E-state index in [0.29, 0.717) is 23.0 Å². The number of halogens is 2. The molecular weight excluding hydrogens is 434 g/mol. The van der Waals surface area contributed by atoms with Gasteiger partial charge in [-0.2, -0.15) is 10.2 Å². The Morgan fingerprint density at radius 1 is 1.37 bits per heavy atom. The molecule has 3 aromatic rings. The van der Waals surface area contributed by atoms with Gasteiger partial charge in [-0.05, 0) is 38.1 Å². The predicted octanol–water partition coefficient (Wildman–Crippen LogP) is 3.79. The van der Waals surface area contributed by atoms with E-state index in [1.165, 1.54) is 4.68 Å². The Labute approximate surface area is 170 Å². The third-order valence-corrected chi connectivity index (χ3v) is 4.85. The molecular formula is C18H19BrClN5O2. The Kier molecular flexibility index (Phi) is 6.18. The lowest BCUT2D eigenvalue weighted by atomic mass is 10.2. The van der Waals surface area contributed by atoms with E-state index in [9.17, 15) is 4.79 Å². The molecule has 9 heteroatoms. The van der Waals surface area contributed by atoms with Gasteiger partial charge in [0.2, 0.25) is 0 Å². The minimum Gasteiger partial charge on any atom is -0.470 e. The number of aryl methyl sites for hydroxylation is 1. The van der Waals surface area contributed by atoms with Gasteiger partial charge in [0, 0.05) is 35.0 Å². The van der Waals surface area contributed by atoms with Crippen LogP contribution in [-0.4, -0.2) is 25.5 Å². The minimum absolute atomic E-state index is 0.150. The zero-order valence-electron chi connectivity index (χ0n) is 14.9. The number of ether oxygens (including phenoxy) is 1. The van der Waals surface area contributed by atoms with Gasteiger partial charge in [0.15, 0.2) is 6.73 Å². The molecule has 0 saturated carbocycles. The molecule has 0 aliphatic heterocycles. The van der Waals surface area contributed by atoms with Crippen LogP contribution in [0.3, 0.4) is 0 Å². The third kappa shape index (κ3) is 4.70. The summed E-state index contributed by atoms with van der Waals surface area (Å²) < 4.78 is 9.93. The summed E-state index contributed by atoms with van der Waals surface area (Å²) in [6.45, 7) is 5.36. The van der Waals surface area contributed by atoms with Crippen molar-refractivity contribution in [2.75, 3.05) is 0 Å². The molecule has 0 aliphatic carbocycles. The van der Waals surface area contributed by atoms with Crippen LogP contribution in [0.5, 0.6) is 5.75 Å². The lowest BCUT2D eigenvalue weighted by molar-refractivity contribution is 0.0944. The maximum atomic E-state index is 12.3. The van der Waals surface area contributed by atoms with E-state index >= 15 is 0 Å². The second kappa shape index (κ2) is 8.58. The minimum atomic E-state index is -0.251. The lowest BCUT2D eigenvalue weighted by Crippen LogP contribution is -2.24. The Bertz CT molecular complexity index is 953. The van der Waals surface area contributed by atoms with E-state index in [0.717, 1.165) is 22.3 Å². The number of rotatable bonds is 7. The molecule has 27 heavy (non-hydrogen) atoms. The van der Waals surface area contributed by atoms with Crippen LogP contribution in [0.1, 0.15) is 28.7 Å². The van der Waals surface area contributed by atoms with E-state index in [-0.39, 0.29) is 12.6 Å². The first kappa shape index (κ1) is 19.4. The number of hydrogen-bond donors (Lipinski definition) is 1. The van der Waals surface area contributed by atoms with Crippen molar-refractivity contribution in [1.82, 2.24) is 24.9 Å². The van der Waals surface area contributed by atoms with E-state index in [1.54, 1.807) is 30.6 Å². The second-order valence-electron chi connectivity index (χ2n) is 5.84. The summed E-state index contributed by atoms with van der Waals surface area (Å²) in [5.74, 6) is 0.295. The van der Waals surface area contributed by atoms with Crippen molar-refractivity contribution in [1.29, 1.82) is 0 Å². The van der Waals surface area contributed by atoms with Crippen molar-refractivity contribution in [3.63, 3.8) is 0 Å². The average Bonchev–Trinajstić information content (AvgIpc) is 3.26. The number of carbonyl (C=O) groups is 1. The average molecular weight is 453 g/mol. The lowest BCUT2D eigenvalue weighted by Gasteiger charge is -2.08. The first-order valence-electron chi connectivity index (χ1n) is 8.38. The van der Waals surface area contributed by atoms with E-state index in [1.807, 2.05) is 24.6 Å². The van der Waals surface area contributed by atoms with Crippen LogP contribution in [0.15, 0.2) is 41.1 Å². The molecule has 0 bridgehead atoms. The van der Waals surface area contributed by atoms with Crippen molar-refractivity contribution in [2.45, 2.75) is 33.7 Å². The smallest absolute Gasteiger partial charge is 0.272 e. The zero-order chi connectivity index (χ0) is 19.4. The molecule has 0 saturated heterocycles. The Balaban J connectivity index is 1.56. The summed E-state index contributed by atoms with van der Waals surface area (Å²) in [4.78, 5) is 12.3. The molecule has 7 nitrogen and oxygen atoms in total. The van der Waals surface area contributed by atoms with Gasteiger partial charge in [-0.25, -0.2) is 4.68 Å². The van der Waals surface area contributed by atoms with Gasteiger partial charge in [0.1, 0.15) is 11.4 Å². The largest absolute Gasteiger partial charge is 0.470 e. The van der Waals surface area contributed by atoms with E-state index < -0.39 is 0 Å². The molecule has 1 amide bonds. The molecule has 2 heterocycles. The maximum absolute atomic E-state index is 12.3. The van der Waals surface area contributed by atoms with Crippen LogP contribution in [0.25, 0.3) is 0 Å². The Morgan fingerprint density at radius 2 is 2.19 bits per heavy atom. The fraction of sp³-hybridized carbons (Fsp3) is 0.278. The summed E-state index contributed by atoms with van der Waals surface area (Å²) in [5, 5.41) is 11.9. The van der Waals surface area contributed by atoms with Crippen LogP contribution in [0, 0.1) is 6.92 Å². The van der Waals surface area contributed by atoms with Gasteiger partial charge in [-0.3, -0.25) is 9.48 Å². The maximum Gasteiger partial charge on any atom is 0.272 e. The molecule has 0 fully saturated rings. The van der Waals surface area contributed by atoms with Crippen molar-refractivity contribution in [2.24, 2.45) is 0 Å². The quantitative estimate of drug-likeness (QED) is 0.592. The monoisotopic (exact) mass is 451 g/mol. The molecule has 0 unspecified atom stereocenters. The number of nitrogens with one attached hydrogen (secondary N) is 1. The third-order valence-electron chi connectivity index (χ3n) is 4.06. The fourth-order valence-corrected chi connectivity index (χ4v) is 3.25. The number of benzene rings is 1. The zero-order valence-corrected chi connectivity index (χ0v) is 17.3. The van der Waals surface area contributed by atoms with Gasteiger partial charge in [0.25, 0.3) is 5.91 Å². The number of hydrogen-bond acceptors (Lipinski definition) is 4. The normalized spacial score (nSPS) is 10.8. The summed E-state index contributed by atoms with van der Waals surface area (Å²) in [6.07, 6.45) is 3.45. The number of nitrogens with zero attached hydrogens (tertiary/aromatic N) is 4. The fourth-order valence-electron chi connectivity index (χ4n) is 2.53. The van der Waals surface area contributed by atoms with Crippen LogP contribution in [-0.2, 0) is 19.8 Å². The van der Waals surface area contributed by atoms with Gasteiger partial charge in [-0.1, -0.05) is 27.5 Å². The molecule has 2 aromatic heterocycles. The first-order chi connectivity index (χ1) is 13.0. The number of aromatic nitrogens is 4. The van der Waals surface area contributed by atoms with Crippen LogP contribution in [0.4, 0.5) is 0 Å². The second-order valence-corrected chi connectivity index (χ2v) is 7.17. The van der Waals surface area contributed by atoms with Gasteiger partial charge < -0.3 is 10.1 Å². The molecule has 1 aromatic carbocycles. The number of amides is 1. The number of carbonyl (C=O) groups excluding carboxylic acids is 1. The molecule has 3 rings (SSSR count). The first-order valence-corrected chi connectivity index (χ1v) is 9.55. The summed E-state index contributed by atoms with van der Waals surface area (Å²) in [7, 11) is 0. The Hall–Kier alpha value is -2.32. The molecule has 142 valence electrons. The SMILES string of the molecule is CCn1ncc(CNC(=O)c2ccn(COc3ccc(Br)cc3Cl)n2)c1C. The molecule has 0 aliphatic rings. The molecule has 0 spiro atoms. The van der Waals surface area contributed by atoms with Crippen molar-refractivity contribution < 1.29 is 9.53 Å². The van der Waals surface area contributed by atoms with Gasteiger partial charge >= 0.3 is 0 Å². The standard InChI is InChI=1S/C18H19BrClN5O2/c1-3-25-12(2)13(10-22-25)9-21-18(26)16-6-7-24(23-16)11-27-17-5-4-14(19)8-15(17)20/h4-8,10H,3,9,11H2,1-2H3,(H,21,26). The van der Waals surface area contributed by atoms with Gasteiger partial charge in [0.05, 0.1) is 11.2 Å². The van der Waals surface area contributed by atoms with Crippen LogP contribution >= 0.6 is 27.5 Å². The molecule has 0 radical (unpaired) electrons. The summed E-state index contributed by atoms with van der Waals surface area (Å²) in [6, 6.07) is 7.00. The van der Waals surface area contributed by atoms with Gasteiger partial charge in [-0.15, -0.1) is 0 Å². The van der Waals surface area contributed by atoms with Crippen LogP contribution < -0.4 is 10.1 Å². The van der Waals surface area contributed by atoms with Crippen molar-refractivity contribution >= 4 is 33.4 Å².